The van der Waals surface area contributed by atoms with Gasteiger partial charge < -0.3 is 11.1 Å². The molecule has 1 unspecified atom stereocenters. The molecule has 0 aliphatic rings. The Morgan fingerprint density at radius 1 is 1.30 bits per heavy atom. The summed E-state index contributed by atoms with van der Waals surface area (Å²) in [5.41, 5.74) is 9.70. The Kier molecular flexibility index (Phi) is 6.93. The molecular formula is C16H27N3S. The van der Waals surface area contributed by atoms with Crippen molar-refractivity contribution in [3.05, 3.63) is 23.0 Å². The first-order valence-corrected chi connectivity index (χ1v) is 7.94. The van der Waals surface area contributed by atoms with Crippen molar-refractivity contribution in [3.63, 3.8) is 0 Å². The lowest BCUT2D eigenvalue weighted by molar-refractivity contribution is 0.564. The Morgan fingerprint density at radius 2 is 2.00 bits per heavy atom. The number of hydrogen-bond acceptors (Lipinski definition) is 3. The molecule has 1 aromatic rings. The predicted molar refractivity (Wildman–Crippen MR) is 91.4 cm³/mol. The summed E-state index contributed by atoms with van der Waals surface area (Å²) in [7, 11) is 0. The molecule has 0 radical (unpaired) electrons. The fourth-order valence-electron chi connectivity index (χ4n) is 2.56. The minimum absolute atomic E-state index is 0.420. The summed E-state index contributed by atoms with van der Waals surface area (Å²) in [4.78, 5) is 4.88. The van der Waals surface area contributed by atoms with E-state index < -0.39 is 0 Å². The zero-order chi connectivity index (χ0) is 15.1. The minimum atomic E-state index is 0.420. The molecule has 112 valence electrons. The normalized spacial score (nSPS) is 12.2. The van der Waals surface area contributed by atoms with Crippen molar-refractivity contribution in [2.75, 3.05) is 5.32 Å². The van der Waals surface area contributed by atoms with Gasteiger partial charge >= 0.3 is 0 Å². The molecule has 0 fully saturated rings. The monoisotopic (exact) mass is 293 g/mol. The Labute approximate surface area is 128 Å². The number of aromatic nitrogens is 1. The van der Waals surface area contributed by atoms with Crippen LogP contribution in [0.15, 0.2) is 6.07 Å². The smallest absolute Gasteiger partial charge is 0.107 e. The Balaban J connectivity index is 3.01. The number of thiocarbonyl (C=S) groups is 1. The summed E-state index contributed by atoms with van der Waals surface area (Å²) >= 11 is 5.18. The van der Waals surface area contributed by atoms with E-state index in [2.05, 4.69) is 30.2 Å². The zero-order valence-electron chi connectivity index (χ0n) is 13.1. The van der Waals surface area contributed by atoms with Gasteiger partial charge in [-0.2, -0.15) is 0 Å². The molecule has 0 saturated heterocycles. The zero-order valence-corrected chi connectivity index (χ0v) is 13.9. The molecule has 0 saturated carbocycles. The van der Waals surface area contributed by atoms with Gasteiger partial charge in [-0.05, 0) is 32.8 Å². The van der Waals surface area contributed by atoms with Gasteiger partial charge in [0.05, 0.1) is 5.56 Å². The number of unbranched alkanes of at least 4 members (excludes halogenated alkanes) is 1. The van der Waals surface area contributed by atoms with E-state index in [4.69, 9.17) is 18.0 Å². The standard InChI is InChI=1S/C16H27N3S/c1-5-7-9-13(8-6-2)19-14-10-11(3)18-12(4)15(14)16(17)20/h10,13H,5-9H2,1-4H3,(H2,17,20)(H,18,19). The molecule has 0 aromatic carbocycles. The van der Waals surface area contributed by atoms with Crippen molar-refractivity contribution < 1.29 is 0 Å². The predicted octanol–water partition coefficient (Wildman–Crippen LogP) is 4.10. The summed E-state index contributed by atoms with van der Waals surface area (Å²) < 4.78 is 0. The molecule has 20 heavy (non-hydrogen) atoms. The Bertz CT molecular complexity index is 457. The fourth-order valence-corrected chi connectivity index (χ4v) is 2.82. The highest BCUT2D eigenvalue weighted by molar-refractivity contribution is 7.80. The summed E-state index contributed by atoms with van der Waals surface area (Å²) in [6.07, 6.45) is 5.98. The van der Waals surface area contributed by atoms with Gasteiger partial charge in [0.1, 0.15) is 4.99 Å². The average Bonchev–Trinajstić information content (AvgIpc) is 2.34. The number of nitrogens with two attached hydrogens (primary N) is 1. The molecule has 1 atom stereocenters. The fraction of sp³-hybridized carbons (Fsp3) is 0.625. The molecule has 4 heteroatoms. The molecule has 0 spiro atoms. The number of anilines is 1. The van der Waals surface area contributed by atoms with Crippen LogP contribution in [0.3, 0.4) is 0 Å². The average molecular weight is 293 g/mol. The maximum atomic E-state index is 5.87. The Hall–Kier alpha value is -1.16. The van der Waals surface area contributed by atoms with Crippen LogP contribution in [-0.2, 0) is 0 Å². The van der Waals surface area contributed by atoms with Gasteiger partial charge in [0.15, 0.2) is 0 Å². The third kappa shape index (κ3) is 4.75. The quantitative estimate of drug-likeness (QED) is 0.708. The van der Waals surface area contributed by atoms with Crippen LogP contribution < -0.4 is 11.1 Å². The van der Waals surface area contributed by atoms with Crippen molar-refractivity contribution in [1.82, 2.24) is 4.98 Å². The van der Waals surface area contributed by atoms with Crippen molar-refractivity contribution >= 4 is 22.9 Å². The largest absolute Gasteiger partial charge is 0.389 e. The second kappa shape index (κ2) is 8.20. The second-order valence-electron chi connectivity index (χ2n) is 5.41. The van der Waals surface area contributed by atoms with Gasteiger partial charge in [-0.3, -0.25) is 4.98 Å². The van der Waals surface area contributed by atoms with Crippen molar-refractivity contribution in [3.8, 4) is 0 Å². The topological polar surface area (TPSA) is 50.9 Å². The lowest BCUT2D eigenvalue weighted by atomic mass is 10.0. The molecule has 0 bridgehead atoms. The van der Waals surface area contributed by atoms with Gasteiger partial charge in [-0.15, -0.1) is 0 Å². The van der Waals surface area contributed by atoms with Crippen LogP contribution in [0.1, 0.15) is 62.9 Å². The van der Waals surface area contributed by atoms with E-state index in [1.807, 2.05) is 13.8 Å². The first-order chi connectivity index (χ1) is 9.49. The molecule has 3 N–H and O–H groups in total. The van der Waals surface area contributed by atoms with Crippen LogP contribution in [0.25, 0.3) is 0 Å². The highest BCUT2D eigenvalue weighted by atomic mass is 32.1. The van der Waals surface area contributed by atoms with Gasteiger partial charge in [0.2, 0.25) is 0 Å². The van der Waals surface area contributed by atoms with E-state index in [0.29, 0.717) is 11.0 Å². The number of aryl methyl sites for hydroxylation is 2. The van der Waals surface area contributed by atoms with Crippen LogP contribution in [0.4, 0.5) is 5.69 Å². The molecule has 0 aliphatic heterocycles. The lowest BCUT2D eigenvalue weighted by Crippen LogP contribution is -2.23. The van der Waals surface area contributed by atoms with Gasteiger partial charge in [0.25, 0.3) is 0 Å². The third-order valence-corrected chi connectivity index (χ3v) is 3.68. The lowest BCUT2D eigenvalue weighted by Gasteiger charge is -2.22. The first kappa shape index (κ1) is 16.9. The molecule has 1 rings (SSSR count). The number of hydrogen-bond donors (Lipinski definition) is 2. The van der Waals surface area contributed by atoms with E-state index in [0.717, 1.165) is 29.1 Å². The molecule has 0 amide bonds. The van der Waals surface area contributed by atoms with E-state index in [9.17, 15) is 0 Å². The van der Waals surface area contributed by atoms with Gasteiger partial charge in [-0.25, -0.2) is 0 Å². The van der Waals surface area contributed by atoms with E-state index in [-0.39, 0.29) is 0 Å². The highest BCUT2D eigenvalue weighted by Gasteiger charge is 2.14. The molecule has 1 heterocycles. The molecule has 3 nitrogen and oxygen atoms in total. The maximum Gasteiger partial charge on any atom is 0.107 e. The number of rotatable bonds is 8. The van der Waals surface area contributed by atoms with Crippen molar-refractivity contribution in [2.45, 2.75) is 65.8 Å². The summed E-state index contributed by atoms with van der Waals surface area (Å²) in [6.45, 7) is 8.41. The number of nitrogens with zero attached hydrogens (tertiary/aromatic N) is 1. The first-order valence-electron chi connectivity index (χ1n) is 7.54. The second-order valence-corrected chi connectivity index (χ2v) is 5.85. The summed E-state index contributed by atoms with van der Waals surface area (Å²) in [5.74, 6) is 0. The van der Waals surface area contributed by atoms with Gasteiger partial charge in [-0.1, -0.05) is 45.3 Å². The van der Waals surface area contributed by atoms with E-state index in [1.165, 1.54) is 25.7 Å². The molecule has 1 aromatic heterocycles. The summed E-state index contributed by atoms with van der Waals surface area (Å²) in [6, 6.07) is 2.53. The van der Waals surface area contributed by atoms with Crippen LogP contribution in [0.2, 0.25) is 0 Å². The van der Waals surface area contributed by atoms with Crippen molar-refractivity contribution in [2.24, 2.45) is 5.73 Å². The van der Waals surface area contributed by atoms with Crippen molar-refractivity contribution in [1.29, 1.82) is 0 Å². The van der Waals surface area contributed by atoms with E-state index >= 15 is 0 Å². The summed E-state index contributed by atoms with van der Waals surface area (Å²) in [5, 5.41) is 3.64. The minimum Gasteiger partial charge on any atom is -0.389 e. The number of pyridine rings is 1. The van der Waals surface area contributed by atoms with Crippen LogP contribution in [-0.4, -0.2) is 16.0 Å². The van der Waals surface area contributed by atoms with Crippen LogP contribution in [0, 0.1) is 13.8 Å². The van der Waals surface area contributed by atoms with Gasteiger partial charge in [0, 0.05) is 23.1 Å². The van der Waals surface area contributed by atoms with Crippen LogP contribution >= 0.6 is 12.2 Å². The highest BCUT2D eigenvalue weighted by Crippen LogP contribution is 2.23. The maximum absolute atomic E-state index is 5.87. The molecular weight excluding hydrogens is 266 g/mol. The number of nitrogens with one attached hydrogen (secondary N) is 1. The SMILES string of the molecule is CCCCC(CCC)Nc1cc(C)nc(C)c1C(N)=S. The van der Waals surface area contributed by atoms with E-state index in [1.54, 1.807) is 0 Å². The van der Waals surface area contributed by atoms with Crippen LogP contribution in [0.5, 0.6) is 0 Å². The Morgan fingerprint density at radius 3 is 2.55 bits per heavy atom. The third-order valence-electron chi connectivity index (χ3n) is 3.48. The molecule has 0 aliphatic carbocycles.